The van der Waals surface area contributed by atoms with Gasteiger partial charge >= 0.3 is 5.97 Å². The summed E-state index contributed by atoms with van der Waals surface area (Å²) in [6.07, 6.45) is 19.4. The fourth-order valence-electron chi connectivity index (χ4n) is 3.69. The van der Waals surface area contributed by atoms with Gasteiger partial charge in [0.05, 0.1) is 13.2 Å². The lowest BCUT2D eigenvalue weighted by atomic mass is 10.0. The highest BCUT2D eigenvalue weighted by molar-refractivity contribution is 5.79. The van der Waals surface area contributed by atoms with Gasteiger partial charge < -0.3 is 14.8 Å². The van der Waals surface area contributed by atoms with Gasteiger partial charge in [0, 0.05) is 6.42 Å². The van der Waals surface area contributed by atoms with E-state index in [9.17, 15) is 14.4 Å². The van der Waals surface area contributed by atoms with E-state index in [4.69, 9.17) is 9.47 Å². The molecule has 0 aromatic rings. The standard InChI is InChI=1S/C27H51NO5/c1-4-5-6-7-8-9-10-11-12-13-14-15-16-17-18-19-26(30)28-22-25(33-23-29)27(31)32-21-20-24(2)3/h23-25H,4-22H2,1-3H3,(H,28,30). The van der Waals surface area contributed by atoms with Crippen LogP contribution in [0.25, 0.3) is 0 Å². The van der Waals surface area contributed by atoms with Gasteiger partial charge in [0.1, 0.15) is 0 Å². The smallest absolute Gasteiger partial charge is 0.349 e. The second-order valence-corrected chi connectivity index (χ2v) is 9.57. The van der Waals surface area contributed by atoms with Crippen molar-refractivity contribution in [3.8, 4) is 0 Å². The minimum atomic E-state index is -1.08. The maximum absolute atomic E-state index is 12.0. The van der Waals surface area contributed by atoms with Crippen molar-refractivity contribution in [1.29, 1.82) is 0 Å². The van der Waals surface area contributed by atoms with E-state index in [-0.39, 0.29) is 25.5 Å². The SMILES string of the molecule is CCCCCCCCCCCCCCCCCC(=O)NCC(OC=O)C(=O)OCCC(C)C. The van der Waals surface area contributed by atoms with Gasteiger partial charge in [-0.15, -0.1) is 0 Å². The van der Waals surface area contributed by atoms with Crippen LogP contribution in [0.15, 0.2) is 0 Å². The van der Waals surface area contributed by atoms with Crippen LogP contribution in [0.3, 0.4) is 0 Å². The molecule has 6 nitrogen and oxygen atoms in total. The Balaban J connectivity index is 3.59. The average molecular weight is 470 g/mol. The summed E-state index contributed by atoms with van der Waals surface area (Å²) in [6.45, 7) is 6.78. The molecule has 33 heavy (non-hydrogen) atoms. The van der Waals surface area contributed by atoms with Crippen LogP contribution in [-0.4, -0.2) is 37.6 Å². The van der Waals surface area contributed by atoms with Gasteiger partial charge in [-0.2, -0.15) is 0 Å². The minimum Gasteiger partial charge on any atom is -0.463 e. The first kappa shape index (κ1) is 31.4. The molecule has 0 aliphatic rings. The molecule has 1 amide bonds. The maximum Gasteiger partial charge on any atom is 0.349 e. The molecule has 0 aromatic heterocycles. The number of hydrogen-bond donors (Lipinski definition) is 1. The van der Waals surface area contributed by atoms with Crippen molar-refractivity contribution < 1.29 is 23.9 Å². The van der Waals surface area contributed by atoms with Crippen molar-refractivity contribution in [2.75, 3.05) is 13.2 Å². The van der Waals surface area contributed by atoms with E-state index in [0.29, 0.717) is 12.3 Å². The molecule has 0 aliphatic heterocycles. The average Bonchev–Trinajstić information content (AvgIpc) is 2.78. The Kier molecular flexibility index (Phi) is 22.4. The van der Waals surface area contributed by atoms with Gasteiger partial charge in [0.25, 0.3) is 6.47 Å². The Bertz CT molecular complexity index is 481. The molecule has 0 spiro atoms. The number of amides is 1. The highest BCUT2D eigenvalue weighted by atomic mass is 16.6. The number of rotatable bonds is 24. The summed E-state index contributed by atoms with van der Waals surface area (Å²) in [4.78, 5) is 34.6. The molecular weight excluding hydrogens is 418 g/mol. The molecule has 0 bridgehead atoms. The van der Waals surface area contributed by atoms with E-state index < -0.39 is 12.1 Å². The van der Waals surface area contributed by atoms with Gasteiger partial charge in [0.2, 0.25) is 12.0 Å². The molecule has 0 aliphatic carbocycles. The Labute approximate surface area is 202 Å². The lowest BCUT2D eigenvalue weighted by Crippen LogP contribution is -2.39. The number of esters is 1. The molecule has 1 unspecified atom stereocenters. The van der Waals surface area contributed by atoms with Crippen LogP contribution in [0, 0.1) is 5.92 Å². The van der Waals surface area contributed by atoms with Crippen molar-refractivity contribution in [3.05, 3.63) is 0 Å². The Morgan fingerprint density at radius 2 is 1.27 bits per heavy atom. The predicted molar refractivity (Wildman–Crippen MR) is 134 cm³/mol. The second-order valence-electron chi connectivity index (χ2n) is 9.57. The largest absolute Gasteiger partial charge is 0.463 e. The van der Waals surface area contributed by atoms with Crippen LogP contribution in [0.2, 0.25) is 0 Å². The van der Waals surface area contributed by atoms with Crippen LogP contribution in [0.1, 0.15) is 130 Å². The Morgan fingerprint density at radius 3 is 1.73 bits per heavy atom. The summed E-state index contributed by atoms with van der Waals surface area (Å²) >= 11 is 0. The zero-order chi connectivity index (χ0) is 24.6. The number of carbonyl (C=O) groups is 3. The summed E-state index contributed by atoms with van der Waals surface area (Å²) < 4.78 is 9.89. The molecular formula is C27H51NO5. The molecule has 6 heteroatoms. The molecule has 0 saturated heterocycles. The van der Waals surface area contributed by atoms with Crippen molar-refractivity contribution in [1.82, 2.24) is 5.32 Å². The van der Waals surface area contributed by atoms with Crippen LogP contribution >= 0.6 is 0 Å². The number of ether oxygens (including phenoxy) is 2. The molecule has 0 fully saturated rings. The zero-order valence-corrected chi connectivity index (χ0v) is 21.7. The minimum absolute atomic E-state index is 0.0448. The fourth-order valence-corrected chi connectivity index (χ4v) is 3.69. The summed E-state index contributed by atoms with van der Waals surface area (Å²) in [6, 6.07) is 0. The number of nitrogens with one attached hydrogen (secondary N) is 1. The summed E-state index contributed by atoms with van der Waals surface area (Å²) in [7, 11) is 0. The molecule has 0 heterocycles. The number of carbonyl (C=O) groups excluding carboxylic acids is 3. The van der Waals surface area contributed by atoms with E-state index in [0.717, 1.165) is 25.7 Å². The first-order valence-electron chi connectivity index (χ1n) is 13.5. The molecule has 1 atom stereocenters. The third-order valence-electron chi connectivity index (χ3n) is 5.91. The lowest BCUT2D eigenvalue weighted by Gasteiger charge is -2.15. The van der Waals surface area contributed by atoms with Crippen molar-refractivity contribution in [2.45, 2.75) is 136 Å². The topological polar surface area (TPSA) is 81.7 Å². The lowest BCUT2D eigenvalue weighted by molar-refractivity contribution is -0.161. The Hall–Kier alpha value is -1.59. The van der Waals surface area contributed by atoms with Crippen LogP contribution < -0.4 is 5.32 Å². The van der Waals surface area contributed by atoms with Crippen molar-refractivity contribution in [2.24, 2.45) is 5.92 Å². The summed E-state index contributed by atoms with van der Waals surface area (Å²) in [5.41, 5.74) is 0. The Morgan fingerprint density at radius 1 is 0.788 bits per heavy atom. The molecule has 0 aromatic carbocycles. The van der Waals surface area contributed by atoms with Gasteiger partial charge in [-0.25, -0.2) is 4.79 Å². The van der Waals surface area contributed by atoms with Crippen molar-refractivity contribution >= 4 is 18.3 Å². The predicted octanol–water partition coefficient (Wildman–Crippen LogP) is 6.50. The van der Waals surface area contributed by atoms with Crippen LogP contribution in [0.4, 0.5) is 0 Å². The summed E-state index contributed by atoms with van der Waals surface area (Å²) in [5, 5.41) is 2.67. The molecule has 0 rings (SSSR count). The van der Waals surface area contributed by atoms with Gasteiger partial charge in [0.15, 0.2) is 0 Å². The van der Waals surface area contributed by atoms with Gasteiger partial charge in [-0.1, -0.05) is 111 Å². The molecule has 0 saturated carbocycles. The maximum atomic E-state index is 12.0. The van der Waals surface area contributed by atoms with Crippen molar-refractivity contribution in [3.63, 3.8) is 0 Å². The summed E-state index contributed by atoms with van der Waals surface area (Å²) in [5.74, 6) is -0.327. The fraction of sp³-hybridized carbons (Fsp3) is 0.889. The van der Waals surface area contributed by atoms with E-state index in [1.54, 1.807) is 0 Å². The zero-order valence-electron chi connectivity index (χ0n) is 21.7. The third kappa shape index (κ3) is 22.0. The van der Waals surface area contributed by atoms with E-state index in [1.165, 1.54) is 77.0 Å². The van der Waals surface area contributed by atoms with Gasteiger partial charge in [-0.05, 0) is 18.8 Å². The molecule has 194 valence electrons. The van der Waals surface area contributed by atoms with E-state index in [1.807, 2.05) is 13.8 Å². The second kappa shape index (κ2) is 23.6. The molecule has 1 N–H and O–H groups in total. The monoisotopic (exact) mass is 469 g/mol. The first-order valence-corrected chi connectivity index (χ1v) is 13.5. The van der Waals surface area contributed by atoms with Crippen LogP contribution in [0.5, 0.6) is 0 Å². The van der Waals surface area contributed by atoms with E-state index >= 15 is 0 Å². The first-order chi connectivity index (χ1) is 16.0. The quantitative estimate of drug-likeness (QED) is 0.0992. The van der Waals surface area contributed by atoms with Gasteiger partial charge in [-0.3, -0.25) is 9.59 Å². The molecule has 0 radical (unpaired) electrons. The number of hydrogen-bond acceptors (Lipinski definition) is 5. The number of unbranched alkanes of at least 4 members (excludes halogenated alkanes) is 14. The normalized spacial score (nSPS) is 11.9. The highest BCUT2D eigenvalue weighted by Crippen LogP contribution is 2.13. The van der Waals surface area contributed by atoms with Crippen LogP contribution in [-0.2, 0) is 23.9 Å². The third-order valence-corrected chi connectivity index (χ3v) is 5.91. The highest BCUT2D eigenvalue weighted by Gasteiger charge is 2.22. The van der Waals surface area contributed by atoms with E-state index in [2.05, 4.69) is 12.2 Å².